The third kappa shape index (κ3) is 1.57. The molecule has 11 heavy (non-hydrogen) atoms. The second-order valence-electron chi connectivity index (χ2n) is 3.74. The van der Waals surface area contributed by atoms with Gasteiger partial charge in [-0.3, -0.25) is 4.90 Å². The molecule has 0 unspecified atom stereocenters. The number of nitrogens with zero attached hydrogens (tertiary/aromatic N) is 1. The topological polar surface area (TPSA) is 15.3 Å². The summed E-state index contributed by atoms with van der Waals surface area (Å²) < 4.78 is 0. The van der Waals surface area contributed by atoms with Gasteiger partial charge in [-0.1, -0.05) is 6.92 Å². The Morgan fingerprint density at radius 3 is 2.91 bits per heavy atom. The lowest BCUT2D eigenvalue weighted by Gasteiger charge is -2.35. The summed E-state index contributed by atoms with van der Waals surface area (Å²) in [6.07, 6.45) is 4.22. The predicted octanol–water partition coefficient (Wildman–Crippen LogP) is 0.833. The van der Waals surface area contributed by atoms with Crippen LogP contribution in [0.25, 0.3) is 0 Å². The van der Waals surface area contributed by atoms with E-state index >= 15 is 0 Å². The maximum absolute atomic E-state index is 3.46. The minimum atomic E-state index is 0.830. The summed E-state index contributed by atoms with van der Waals surface area (Å²) in [5, 5.41) is 3.46. The summed E-state index contributed by atoms with van der Waals surface area (Å²) in [4.78, 5) is 2.70. The van der Waals surface area contributed by atoms with Crippen molar-refractivity contribution in [2.24, 2.45) is 0 Å². The normalized spacial score (nSPS) is 34.1. The number of piperazine rings is 1. The minimum absolute atomic E-state index is 0.830. The van der Waals surface area contributed by atoms with E-state index < -0.39 is 0 Å². The van der Waals surface area contributed by atoms with Gasteiger partial charge in [0.25, 0.3) is 0 Å². The molecule has 1 aliphatic heterocycles. The van der Waals surface area contributed by atoms with E-state index in [9.17, 15) is 0 Å². The summed E-state index contributed by atoms with van der Waals surface area (Å²) in [6.45, 7) is 6.00. The number of hydrogen-bond donors (Lipinski definition) is 1. The molecule has 64 valence electrons. The SMILES string of the molecule is CC[C@@H]1CNCCN1C1CC1. The molecule has 1 aliphatic carbocycles. The van der Waals surface area contributed by atoms with Crippen molar-refractivity contribution >= 4 is 0 Å². The van der Waals surface area contributed by atoms with E-state index in [2.05, 4.69) is 17.1 Å². The van der Waals surface area contributed by atoms with Crippen LogP contribution in [0.3, 0.4) is 0 Å². The van der Waals surface area contributed by atoms with Crippen LogP contribution >= 0.6 is 0 Å². The highest BCUT2D eigenvalue weighted by Crippen LogP contribution is 2.29. The first-order valence-electron chi connectivity index (χ1n) is 4.88. The Labute approximate surface area is 69.0 Å². The average molecular weight is 154 g/mol. The lowest BCUT2D eigenvalue weighted by Crippen LogP contribution is -2.51. The van der Waals surface area contributed by atoms with Crippen molar-refractivity contribution in [1.29, 1.82) is 0 Å². The molecule has 0 aromatic heterocycles. The first-order valence-corrected chi connectivity index (χ1v) is 4.88. The van der Waals surface area contributed by atoms with Crippen LogP contribution in [-0.4, -0.2) is 36.6 Å². The molecule has 1 heterocycles. The van der Waals surface area contributed by atoms with Gasteiger partial charge in [0, 0.05) is 31.7 Å². The fourth-order valence-corrected chi connectivity index (χ4v) is 2.04. The fourth-order valence-electron chi connectivity index (χ4n) is 2.04. The van der Waals surface area contributed by atoms with Gasteiger partial charge in [-0.25, -0.2) is 0 Å². The van der Waals surface area contributed by atoms with Crippen LogP contribution in [0.2, 0.25) is 0 Å². The van der Waals surface area contributed by atoms with Gasteiger partial charge >= 0.3 is 0 Å². The smallest absolute Gasteiger partial charge is 0.0221 e. The molecular formula is C9H18N2. The van der Waals surface area contributed by atoms with E-state index in [1.807, 2.05) is 0 Å². The van der Waals surface area contributed by atoms with Crippen molar-refractivity contribution in [2.45, 2.75) is 38.3 Å². The van der Waals surface area contributed by atoms with Gasteiger partial charge in [0.05, 0.1) is 0 Å². The second kappa shape index (κ2) is 3.11. The van der Waals surface area contributed by atoms with E-state index in [-0.39, 0.29) is 0 Å². The highest BCUT2D eigenvalue weighted by Gasteiger charge is 2.34. The molecule has 0 spiro atoms. The molecular weight excluding hydrogens is 136 g/mol. The Balaban J connectivity index is 1.91. The first-order chi connectivity index (χ1) is 5.42. The zero-order valence-corrected chi connectivity index (χ0v) is 7.34. The fraction of sp³-hybridized carbons (Fsp3) is 1.00. The average Bonchev–Trinajstić information content (AvgIpc) is 2.87. The number of hydrogen-bond acceptors (Lipinski definition) is 2. The summed E-state index contributed by atoms with van der Waals surface area (Å²) in [5.74, 6) is 0. The van der Waals surface area contributed by atoms with Crippen LogP contribution in [0, 0.1) is 0 Å². The van der Waals surface area contributed by atoms with E-state index in [1.54, 1.807) is 0 Å². The highest BCUT2D eigenvalue weighted by atomic mass is 15.3. The van der Waals surface area contributed by atoms with Gasteiger partial charge in [0.2, 0.25) is 0 Å². The van der Waals surface area contributed by atoms with E-state index in [0.29, 0.717) is 0 Å². The molecule has 0 bridgehead atoms. The van der Waals surface area contributed by atoms with Crippen LogP contribution < -0.4 is 5.32 Å². The molecule has 2 aliphatic rings. The minimum Gasteiger partial charge on any atom is -0.314 e. The Kier molecular flexibility index (Phi) is 2.14. The van der Waals surface area contributed by atoms with Crippen molar-refractivity contribution in [1.82, 2.24) is 10.2 Å². The van der Waals surface area contributed by atoms with Gasteiger partial charge in [0.1, 0.15) is 0 Å². The monoisotopic (exact) mass is 154 g/mol. The standard InChI is InChI=1S/C9H18N2/c1-2-8-7-10-5-6-11(8)9-3-4-9/h8-10H,2-7H2,1H3/t8-/m1/s1. The molecule has 0 amide bonds. The van der Waals surface area contributed by atoms with Crippen molar-refractivity contribution in [3.05, 3.63) is 0 Å². The summed E-state index contributed by atoms with van der Waals surface area (Å²) in [5.41, 5.74) is 0. The highest BCUT2D eigenvalue weighted by molar-refractivity contribution is 4.91. The van der Waals surface area contributed by atoms with Gasteiger partial charge in [0.15, 0.2) is 0 Å². The maximum Gasteiger partial charge on any atom is 0.0221 e. The van der Waals surface area contributed by atoms with E-state index in [0.717, 1.165) is 12.1 Å². The molecule has 0 aromatic carbocycles. The maximum atomic E-state index is 3.46. The molecule has 2 nitrogen and oxygen atoms in total. The molecule has 2 fully saturated rings. The Morgan fingerprint density at radius 1 is 1.45 bits per heavy atom. The second-order valence-corrected chi connectivity index (χ2v) is 3.74. The Morgan fingerprint density at radius 2 is 2.27 bits per heavy atom. The molecule has 1 N–H and O–H groups in total. The Hall–Kier alpha value is -0.0800. The lowest BCUT2D eigenvalue weighted by atomic mass is 10.1. The summed E-state index contributed by atoms with van der Waals surface area (Å²) >= 11 is 0. The van der Waals surface area contributed by atoms with E-state index in [4.69, 9.17) is 0 Å². The zero-order chi connectivity index (χ0) is 7.68. The first kappa shape index (κ1) is 7.56. The molecule has 1 atom stereocenters. The van der Waals surface area contributed by atoms with Crippen LogP contribution in [0.1, 0.15) is 26.2 Å². The van der Waals surface area contributed by atoms with Crippen molar-refractivity contribution in [3.63, 3.8) is 0 Å². The van der Waals surface area contributed by atoms with Crippen molar-refractivity contribution < 1.29 is 0 Å². The van der Waals surface area contributed by atoms with Crippen LogP contribution in [0.15, 0.2) is 0 Å². The molecule has 1 saturated heterocycles. The quantitative estimate of drug-likeness (QED) is 0.634. The zero-order valence-electron chi connectivity index (χ0n) is 7.34. The third-order valence-corrected chi connectivity index (χ3v) is 2.88. The Bertz CT molecular complexity index is 132. The summed E-state index contributed by atoms with van der Waals surface area (Å²) in [6, 6.07) is 1.79. The van der Waals surface area contributed by atoms with Crippen LogP contribution in [-0.2, 0) is 0 Å². The van der Waals surface area contributed by atoms with Gasteiger partial charge in [-0.2, -0.15) is 0 Å². The lowest BCUT2D eigenvalue weighted by molar-refractivity contribution is 0.148. The van der Waals surface area contributed by atoms with Gasteiger partial charge < -0.3 is 5.32 Å². The number of rotatable bonds is 2. The van der Waals surface area contributed by atoms with E-state index in [1.165, 1.54) is 38.9 Å². The molecule has 0 aromatic rings. The number of nitrogens with one attached hydrogen (secondary N) is 1. The largest absolute Gasteiger partial charge is 0.314 e. The molecule has 1 saturated carbocycles. The van der Waals surface area contributed by atoms with Crippen molar-refractivity contribution in [3.8, 4) is 0 Å². The molecule has 2 heteroatoms. The van der Waals surface area contributed by atoms with Crippen molar-refractivity contribution in [2.75, 3.05) is 19.6 Å². The van der Waals surface area contributed by atoms with Gasteiger partial charge in [-0.05, 0) is 19.3 Å². The third-order valence-electron chi connectivity index (χ3n) is 2.88. The molecule has 2 rings (SSSR count). The molecule has 0 radical (unpaired) electrons. The summed E-state index contributed by atoms with van der Waals surface area (Å²) in [7, 11) is 0. The van der Waals surface area contributed by atoms with Crippen LogP contribution in [0.4, 0.5) is 0 Å². The van der Waals surface area contributed by atoms with Crippen LogP contribution in [0.5, 0.6) is 0 Å². The van der Waals surface area contributed by atoms with Gasteiger partial charge in [-0.15, -0.1) is 0 Å². The predicted molar refractivity (Wildman–Crippen MR) is 46.7 cm³/mol.